The van der Waals surface area contributed by atoms with Gasteiger partial charge in [-0.25, -0.2) is 4.79 Å². The lowest BCUT2D eigenvalue weighted by molar-refractivity contribution is -0.138. The number of anilines is 1. The third-order valence-electron chi connectivity index (χ3n) is 4.36. The predicted octanol–water partition coefficient (Wildman–Crippen LogP) is 1.67. The van der Waals surface area contributed by atoms with Gasteiger partial charge in [-0.2, -0.15) is 23.4 Å². The molecule has 12 heteroatoms. The molecule has 2 saturated heterocycles. The van der Waals surface area contributed by atoms with Crippen LogP contribution in [0.2, 0.25) is 5.15 Å². The van der Waals surface area contributed by atoms with E-state index in [0.717, 1.165) is 4.90 Å². The van der Waals surface area contributed by atoms with Gasteiger partial charge in [0.1, 0.15) is 12.6 Å². The maximum absolute atomic E-state index is 12.6. The van der Waals surface area contributed by atoms with Gasteiger partial charge >= 0.3 is 12.2 Å². The maximum Gasteiger partial charge on any atom is 0.406 e. The van der Waals surface area contributed by atoms with Gasteiger partial charge in [-0.15, -0.1) is 10.2 Å². The Bertz CT molecular complexity index is 738. The summed E-state index contributed by atoms with van der Waals surface area (Å²) in [6, 6.07) is 0.923. The standard InChI is InChI=1S/C14H15ClF3N7O/c15-11-10(6-19)21-22-12(20-11)23-3-1-2-9(7-23)25-5-4-24(13(25)26)8-14(16,17)18/h9H,1-5,7-8H2. The molecule has 1 atom stereocenters. The second kappa shape index (κ2) is 7.11. The average molecular weight is 390 g/mol. The highest BCUT2D eigenvalue weighted by Gasteiger charge is 2.41. The van der Waals surface area contributed by atoms with Crippen LogP contribution in [0.5, 0.6) is 0 Å². The molecule has 8 nitrogen and oxygen atoms in total. The van der Waals surface area contributed by atoms with E-state index in [1.807, 2.05) is 0 Å². The summed E-state index contributed by atoms with van der Waals surface area (Å²) in [5.41, 5.74) is -0.0820. The Kier molecular flexibility index (Phi) is 5.04. The zero-order valence-corrected chi connectivity index (χ0v) is 14.3. The average Bonchev–Trinajstić information content (AvgIpc) is 2.94. The number of rotatable bonds is 3. The first-order chi connectivity index (χ1) is 12.3. The third-order valence-corrected chi connectivity index (χ3v) is 4.62. The van der Waals surface area contributed by atoms with Crippen LogP contribution in [0.1, 0.15) is 18.5 Å². The van der Waals surface area contributed by atoms with Crippen LogP contribution >= 0.6 is 11.6 Å². The first kappa shape index (κ1) is 18.4. The zero-order chi connectivity index (χ0) is 18.9. The van der Waals surface area contributed by atoms with Crippen molar-refractivity contribution >= 4 is 23.6 Å². The Morgan fingerprint density at radius 1 is 1.27 bits per heavy atom. The molecule has 2 amide bonds. The van der Waals surface area contributed by atoms with Gasteiger partial charge in [0.25, 0.3) is 0 Å². The van der Waals surface area contributed by atoms with Crippen molar-refractivity contribution in [3.8, 4) is 6.07 Å². The monoisotopic (exact) mass is 389 g/mol. The SMILES string of the molecule is N#Cc1nnc(N2CCCC(N3CCN(CC(F)(F)F)C3=O)C2)nc1Cl. The number of nitriles is 1. The zero-order valence-electron chi connectivity index (χ0n) is 13.6. The van der Waals surface area contributed by atoms with E-state index in [-0.39, 0.29) is 35.9 Å². The smallest absolute Gasteiger partial charge is 0.337 e. The predicted molar refractivity (Wildman–Crippen MR) is 84.5 cm³/mol. The summed E-state index contributed by atoms with van der Waals surface area (Å²) < 4.78 is 37.7. The Labute approximate surface area is 152 Å². The van der Waals surface area contributed by atoms with Crippen LogP contribution in [0.25, 0.3) is 0 Å². The fourth-order valence-electron chi connectivity index (χ4n) is 3.20. The molecule has 0 aromatic carbocycles. The molecule has 0 bridgehead atoms. The van der Waals surface area contributed by atoms with Crippen molar-refractivity contribution in [1.82, 2.24) is 25.0 Å². The maximum atomic E-state index is 12.6. The molecular weight excluding hydrogens is 375 g/mol. The molecule has 3 rings (SSSR count). The number of carbonyl (C=O) groups excluding carboxylic acids is 1. The molecule has 0 radical (unpaired) electrons. The van der Waals surface area contributed by atoms with Crippen LogP contribution in [-0.2, 0) is 0 Å². The van der Waals surface area contributed by atoms with E-state index in [2.05, 4.69) is 15.2 Å². The summed E-state index contributed by atoms with van der Waals surface area (Å²) in [7, 11) is 0. The Morgan fingerprint density at radius 2 is 2.04 bits per heavy atom. The molecule has 0 N–H and O–H groups in total. The molecule has 2 fully saturated rings. The van der Waals surface area contributed by atoms with Crippen LogP contribution < -0.4 is 4.90 Å². The van der Waals surface area contributed by atoms with Crippen molar-refractivity contribution in [2.24, 2.45) is 0 Å². The van der Waals surface area contributed by atoms with E-state index in [1.165, 1.54) is 4.90 Å². The Morgan fingerprint density at radius 3 is 2.69 bits per heavy atom. The first-order valence-electron chi connectivity index (χ1n) is 7.96. The van der Waals surface area contributed by atoms with Crippen molar-refractivity contribution in [3.05, 3.63) is 10.8 Å². The lowest BCUT2D eigenvalue weighted by atomic mass is 10.0. The molecule has 0 saturated carbocycles. The second-order valence-corrected chi connectivity index (χ2v) is 6.48. The van der Waals surface area contributed by atoms with Crippen molar-refractivity contribution in [2.45, 2.75) is 25.1 Å². The number of carbonyl (C=O) groups is 1. The van der Waals surface area contributed by atoms with Gasteiger partial charge in [-0.05, 0) is 12.8 Å². The molecule has 2 aliphatic rings. The van der Waals surface area contributed by atoms with Crippen LogP contribution in [0.4, 0.5) is 23.9 Å². The van der Waals surface area contributed by atoms with Gasteiger partial charge < -0.3 is 14.7 Å². The number of halogens is 4. The number of aromatic nitrogens is 3. The van der Waals surface area contributed by atoms with Gasteiger partial charge in [0.2, 0.25) is 5.95 Å². The molecule has 0 spiro atoms. The highest BCUT2D eigenvalue weighted by Crippen LogP contribution is 2.26. The number of urea groups is 1. The molecule has 3 heterocycles. The molecular formula is C14H15ClF3N7O. The largest absolute Gasteiger partial charge is 0.406 e. The van der Waals surface area contributed by atoms with Crippen molar-refractivity contribution in [3.63, 3.8) is 0 Å². The van der Waals surface area contributed by atoms with Crippen molar-refractivity contribution in [2.75, 3.05) is 37.6 Å². The molecule has 1 aromatic heterocycles. The first-order valence-corrected chi connectivity index (χ1v) is 8.34. The Balaban J connectivity index is 1.68. The molecule has 1 unspecified atom stereocenters. The minimum absolute atomic E-state index is 0.0512. The van der Waals surface area contributed by atoms with Crippen molar-refractivity contribution < 1.29 is 18.0 Å². The normalized spacial score (nSPS) is 21.3. The molecule has 1 aromatic rings. The molecule has 140 valence electrons. The summed E-state index contributed by atoms with van der Waals surface area (Å²) in [6.45, 7) is 0.0392. The quantitative estimate of drug-likeness (QED) is 0.781. The van der Waals surface area contributed by atoms with Gasteiger partial charge in [-0.1, -0.05) is 11.6 Å². The number of hydrogen-bond acceptors (Lipinski definition) is 6. The third kappa shape index (κ3) is 3.90. The minimum Gasteiger partial charge on any atom is -0.337 e. The number of alkyl halides is 3. The van der Waals surface area contributed by atoms with Gasteiger partial charge in [0.15, 0.2) is 10.8 Å². The topological polar surface area (TPSA) is 89.3 Å². The second-order valence-electron chi connectivity index (χ2n) is 6.12. The summed E-state index contributed by atoms with van der Waals surface area (Å²) in [5.74, 6) is 0.234. The van der Waals surface area contributed by atoms with E-state index >= 15 is 0 Å². The van der Waals surface area contributed by atoms with E-state index in [1.54, 1.807) is 11.0 Å². The molecule has 0 aliphatic carbocycles. The molecule has 2 aliphatic heterocycles. The minimum atomic E-state index is -4.41. The summed E-state index contributed by atoms with van der Waals surface area (Å²) >= 11 is 5.88. The van der Waals surface area contributed by atoms with Gasteiger partial charge in [0, 0.05) is 26.2 Å². The van der Waals surface area contributed by atoms with Crippen LogP contribution in [-0.4, -0.2) is 76.0 Å². The summed E-state index contributed by atoms with van der Waals surface area (Å²) in [4.78, 5) is 20.4. The fourth-order valence-corrected chi connectivity index (χ4v) is 3.35. The van der Waals surface area contributed by atoms with E-state index in [4.69, 9.17) is 16.9 Å². The van der Waals surface area contributed by atoms with Gasteiger partial charge in [-0.3, -0.25) is 0 Å². The number of piperidine rings is 1. The highest BCUT2D eigenvalue weighted by molar-refractivity contribution is 6.30. The van der Waals surface area contributed by atoms with Crippen LogP contribution in [0.15, 0.2) is 0 Å². The number of hydrogen-bond donors (Lipinski definition) is 0. The van der Waals surface area contributed by atoms with E-state index < -0.39 is 18.8 Å². The lowest BCUT2D eigenvalue weighted by Gasteiger charge is -2.37. The Hall–Kier alpha value is -2.35. The highest BCUT2D eigenvalue weighted by atomic mass is 35.5. The van der Waals surface area contributed by atoms with Gasteiger partial charge in [0.05, 0.1) is 6.04 Å². The lowest BCUT2D eigenvalue weighted by Crippen LogP contribution is -2.50. The molecule has 26 heavy (non-hydrogen) atoms. The number of amides is 2. The van der Waals surface area contributed by atoms with Crippen LogP contribution in [0.3, 0.4) is 0 Å². The number of nitrogens with zero attached hydrogens (tertiary/aromatic N) is 7. The summed E-state index contributed by atoms with van der Waals surface area (Å²) in [6.07, 6.45) is -3.02. The summed E-state index contributed by atoms with van der Waals surface area (Å²) in [5, 5.41) is 16.3. The van der Waals surface area contributed by atoms with E-state index in [9.17, 15) is 18.0 Å². The fraction of sp³-hybridized carbons (Fsp3) is 0.643. The van der Waals surface area contributed by atoms with Crippen LogP contribution in [0, 0.1) is 11.3 Å². The van der Waals surface area contributed by atoms with Crippen molar-refractivity contribution in [1.29, 1.82) is 5.26 Å². The van der Waals surface area contributed by atoms with E-state index in [0.29, 0.717) is 25.9 Å².